The van der Waals surface area contributed by atoms with E-state index in [4.69, 9.17) is 5.21 Å². The van der Waals surface area contributed by atoms with Crippen LogP contribution in [0.3, 0.4) is 0 Å². The lowest BCUT2D eigenvalue weighted by molar-refractivity contribution is 0.0204. The Labute approximate surface area is 49.9 Å². The van der Waals surface area contributed by atoms with E-state index in [-0.39, 0.29) is 0 Å². The van der Waals surface area contributed by atoms with Crippen LogP contribution in [0.5, 0.6) is 0 Å². The summed E-state index contributed by atoms with van der Waals surface area (Å²) in [6, 6.07) is 0.366. The summed E-state index contributed by atoms with van der Waals surface area (Å²) in [5, 5.41) is 8.37. The Bertz CT molecular complexity index is 82.5. The van der Waals surface area contributed by atoms with Gasteiger partial charge in [0.05, 0.1) is 0 Å². The van der Waals surface area contributed by atoms with Gasteiger partial charge in [0, 0.05) is 6.04 Å². The highest BCUT2D eigenvalue weighted by Crippen LogP contribution is 2.39. The van der Waals surface area contributed by atoms with Gasteiger partial charge in [0.1, 0.15) is 0 Å². The van der Waals surface area contributed by atoms with E-state index >= 15 is 0 Å². The minimum absolute atomic E-state index is 0.366. The fourth-order valence-electron chi connectivity index (χ4n) is 1.37. The molecule has 0 amide bonds. The van der Waals surface area contributed by atoms with Gasteiger partial charge in [-0.2, -0.15) is 0 Å². The average Bonchev–Trinajstić information content (AvgIpc) is 1.60. The molecule has 0 radical (unpaired) electrons. The second kappa shape index (κ2) is 1.71. The van der Waals surface area contributed by atoms with E-state index in [2.05, 4.69) is 19.3 Å². The van der Waals surface area contributed by atoms with Gasteiger partial charge in [0.25, 0.3) is 0 Å². The second-order valence-electron chi connectivity index (χ2n) is 3.40. The average molecular weight is 115 g/mol. The molecule has 0 saturated heterocycles. The minimum atomic E-state index is 0.366. The van der Waals surface area contributed by atoms with Crippen molar-refractivity contribution in [3.8, 4) is 0 Å². The molecule has 0 unspecified atom stereocenters. The van der Waals surface area contributed by atoms with E-state index in [0.29, 0.717) is 11.5 Å². The van der Waals surface area contributed by atoms with Gasteiger partial charge >= 0.3 is 0 Å². The van der Waals surface area contributed by atoms with Crippen LogP contribution in [0.2, 0.25) is 0 Å². The SMILES string of the molecule is CC1(C)CC(NO)C1. The van der Waals surface area contributed by atoms with E-state index in [0.717, 1.165) is 12.8 Å². The van der Waals surface area contributed by atoms with E-state index in [1.807, 2.05) is 0 Å². The van der Waals surface area contributed by atoms with Crippen LogP contribution >= 0.6 is 0 Å². The van der Waals surface area contributed by atoms with Crippen molar-refractivity contribution in [2.75, 3.05) is 0 Å². The molecule has 1 rings (SSSR count). The number of hydrogen-bond acceptors (Lipinski definition) is 2. The van der Waals surface area contributed by atoms with Crippen LogP contribution < -0.4 is 5.48 Å². The van der Waals surface area contributed by atoms with Crippen molar-refractivity contribution in [2.24, 2.45) is 5.41 Å². The molecule has 1 aliphatic rings. The van der Waals surface area contributed by atoms with Crippen molar-refractivity contribution in [2.45, 2.75) is 32.7 Å². The minimum Gasteiger partial charge on any atom is -0.317 e. The number of hydrogen-bond donors (Lipinski definition) is 2. The maximum absolute atomic E-state index is 8.37. The molecule has 0 aromatic heterocycles. The number of hydroxylamine groups is 1. The molecule has 1 aliphatic carbocycles. The lowest BCUT2D eigenvalue weighted by atomic mass is 9.69. The second-order valence-corrected chi connectivity index (χ2v) is 3.40. The highest BCUT2D eigenvalue weighted by atomic mass is 16.5. The van der Waals surface area contributed by atoms with Gasteiger partial charge in [-0.1, -0.05) is 13.8 Å². The van der Waals surface area contributed by atoms with Crippen LogP contribution in [0.15, 0.2) is 0 Å². The number of nitrogens with one attached hydrogen (secondary N) is 1. The van der Waals surface area contributed by atoms with Gasteiger partial charge in [-0.25, -0.2) is 5.48 Å². The van der Waals surface area contributed by atoms with Gasteiger partial charge in [-0.15, -0.1) is 0 Å². The first-order valence-corrected chi connectivity index (χ1v) is 3.04. The molecular formula is C6H13NO. The van der Waals surface area contributed by atoms with Crippen LogP contribution in [-0.2, 0) is 0 Å². The van der Waals surface area contributed by atoms with Crippen LogP contribution in [0.25, 0.3) is 0 Å². The molecule has 2 N–H and O–H groups in total. The highest BCUT2D eigenvalue weighted by Gasteiger charge is 2.35. The van der Waals surface area contributed by atoms with Gasteiger partial charge in [0.2, 0.25) is 0 Å². The van der Waals surface area contributed by atoms with Gasteiger partial charge in [0.15, 0.2) is 0 Å². The van der Waals surface area contributed by atoms with Crippen LogP contribution in [0.4, 0.5) is 0 Å². The van der Waals surface area contributed by atoms with Crippen LogP contribution in [0.1, 0.15) is 26.7 Å². The first-order chi connectivity index (χ1) is 3.64. The predicted molar refractivity (Wildman–Crippen MR) is 31.7 cm³/mol. The molecule has 2 heteroatoms. The molecule has 2 nitrogen and oxygen atoms in total. The topological polar surface area (TPSA) is 32.3 Å². The van der Waals surface area contributed by atoms with E-state index < -0.39 is 0 Å². The molecule has 0 bridgehead atoms. The molecule has 0 atom stereocenters. The van der Waals surface area contributed by atoms with Gasteiger partial charge < -0.3 is 5.21 Å². The summed E-state index contributed by atoms with van der Waals surface area (Å²) in [6.45, 7) is 4.42. The van der Waals surface area contributed by atoms with Gasteiger partial charge in [-0.05, 0) is 18.3 Å². The summed E-state index contributed by atoms with van der Waals surface area (Å²) in [5.74, 6) is 0. The normalized spacial score (nSPS) is 27.4. The summed E-state index contributed by atoms with van der Waals surface area (Å²) < 4.78 is 0. The Kier molecular flexibility index (Phi) is 1.29. The molecule has 48 valence electrons. The largest absolute Gasteiger partial charge is 0.317 e. The Morgan fingerprint density at radius 2 is 2.00 bits per heavy atom. The maximum atomic E-state index is 8.37. The van der Waals surface area contributed by atoms with Crippen LogP contribution in [-0.4, -0.2) is 11.2 Å². The summed E-state index contributed by atoms with van der Waals surface area (Å²) >= 11 is 0. The maximum Gasteiger partial charge on any atom is 0.0329 e. The molecule has 1 saturated carbocycles. The van der Waals surface area contributed by atoms with Crippen molar-refractivity contribution in [3.63, 3.8) is 0 Å². The Morgan fingerprint density at radius 3 is 2.12 bits per heavy atom. The van der Waals surface area contributed by atoms with Crippen molar-refractivity contribution in [1.82, 2.24) is 5.48 Å². The molecule has 0 aromatic carbocycles. The zero-order valence-electron chi connectivity index (χ0n) is 5.44. The summed E-state index contributed by atoms with van der Waals surface area (Å²) in [5.41, 5.74) is 2.73. The van der Waals surface area contributed by atoms with E-state index in [1.165, 1.54) is 0 Å². The fraction of sp³-hybridized carbons (Fsp3) is 1.00. The first-order valence-electron chi connectivity index (χ1n) is 3.04. The third-order valence-electron chi connectivity index (χ3n) is 1.78. The summed E-state index contributed by atoms with van der Waals surface area (Å²) in [7, 11) is 0. The lowest BCUT2D eigenvalue weighted by Crippen LogP contribution is -2.44. The van der Waals surface area contributed by atoms with Crippen molar-refractivity contribution >= 4 is 0 Å². The Balaban J connectivity index is 2.21. The van der Waals surface area contributed by atoms with Crippen molar-refractivity contribution < 1.29 is 5.21 Å². The third kappa shape index (κ3) is 1.01. The highest BCUT2D eigenvalue weighted by molar-refractivity contribution is 4.89. The molecule has 0 spiro atoms. The third-order valence-corrected chi connectivity index (χ3v) is 1.78. The molecular weight excluding hydrogens is 102 g/mol. The van der Waals surface area contributed by atoms with E-state index in [1.54, 1.807) is 0 Å². The molecule has 8 heavy (non-hydrogen) atoms. The smallest absolute Gasteiger partial charge is 0.0329 e. The molecule has 1 fully saturated rings. The Hall–Kier alpha value is -0.0800. The van der Waals surface area contributed by atoms with Crippen molar-refractivity contribution in [1.29, 1.82) is 0 Å². The lowest BCUT2D eigenvalue weighted by Gasteiger charge is -2.41. The van der Waals surface area contributed by atoms with E-state index in [9.17, 15) is 0 Å². The van der Waals surface area contributed by atoms with Crippen molar-refractivity contribution in [3.05, 3.63) is 0 Å². The number of rotatable bonds is 1. The fourth-order valence-corrected chi connectivity index (χ4v) is 1.37. The molecule has 0 aromatic rings. The Morgan fingerprint density at radius 1 is 1.50 bits per heavy atom. The first kappa shape index (κ1) is 6.05. The predicted octanol–water partition coefficient (Wildman–Crippen LogP) is 1.15. The zero-order chi connectivity index (χ0) is 6.20. The summed E-state index contributed by atoms with van der Waals surface area (Å²) in [4.78, 5) is 0. The zero-order valence-corrected chi connectivity index (χ0v) is 5.44. The molecule has 0 aliphatic heterocycles. The quantitative estimate of drug-likeness (QED) is 0.502. The summed E-state index contributed by atoms with van der Waals surface area (Å²) in [6.07, 6.45) is 2.20. The van der Waals surface area contributed by atoms with Gasteiger partial charge in [-0.3, -0.25) is 0 Å². The van der Waals surface area contributed by atoms with Crippen LogP contribution in [0, 0.1) is 5.41 Å². The standard InChI is InChI=1S/C6H13NO/c1-6(2)3-5(4-6)7-8/h5,7-8H,3-4H2,1-2H3. The molecule has 0 heterocycles. The monoisotopic (exact) mass is 115 g/mol.